The summed E-state index contributed by atoms with van der Waals surface area (Å²) in [6.45, 7) is 1.90. The molecule has 16 heavy (non-hydrogen) atoms. The first-order valence-electron chi connectivity index (χ1n) is 5.67. The highest BCUT2D eigenvalue weighted by atomic mass is 16.5. The molecule has 0 unspecified atom stereocenters. The van der Waals surface area contributed by atoms with Gasteiger partial charge >= 0.3 is 0 Å². The summed E-state index contributed by atoms with van der Waals surface area (Å²) in [7, 11) is 1.70. The molecule has 1 aliphatic heterocycles. The van der Waals surface area contributed by atoms with Gasteiger partial charge in [0.1, 0.15) is 17.1 Å². The maximum atomic E-state index is 5.85. The summed E-state index contributed by atoms with van der Waals surface area (Å²) in [6, 6.07) is 6.00. The number of hydrogen-bond acceptors (Lipinski definition) is 3. The van der Waals surface area contributed by atoms with E-state index in [0.29, 0.717) is 0 Å². The zero-order valence-corrected chi connectivity index (χ0v) is 9.38. The van der Waals surface area contributed by atoms with E-state index in [4.69, 9.17) is 9.15 Å². The zero-order chi connectivity index (χ0) is 11.0. The van der Waals surface area contributed by atoms with E-state index in [-0.39, 0.29) is 0 Å². The molecule has 3 heteroatoms. The molecule has 0 saturated heterocycles. The fraction of sp³-hybridized carbons (Fsp3) is 0.385. The Morgan fingerprint density at radius 1 is 1.38 bits per heavy atom. The summed E-state index contributed by atoms with van der Waals surface area (Å²) >= 11 is 0. The molecule has 0 fully saturated rings. The van der Waals surface area contributed by atoms with Gasteiger partial charge in [0.15, 0.2) is 0 Å². The van der Waals surface area contributed by atoms with Crippen molar-refractivity contribution in [2.75, 3.05) is 13.7 Å². The van der Waals surface area contributed by atoms with Gasteiger partial charge in [-0.2, -0.15) is 0 Å². The standard InChI is InChI=1S/C13H15NO2/c1-15-9-4-5-12-11(7-9)10-3-2-6-14-8-13(10)16-12/h4-5,7,14H,2-3,6,8H2,1H3. The fourth-order valence-electron chi connectivity index (χ4n) is 2.31. The van der Waals surface area contributed by atoms with Gasteiger partial charge in [-0.15, -0.1) is 0 Å². The van der Waals surface area contributed by atoms with Crippen molar-refractivity contribution in [2.45, 2.75) is 19.4 Å². The normalized spacial score (nSPS) is 15.8. The molecule has 0 bridgehead atoms. The van der Waals surface area contributed by atoms with Crippen LogP contribution in [-0.2, 0) is 13.0 Å². The van der Waals surface area contributed by atoms with Crippen molar-refractivity contribution in [3.63, 3.8) is 0 Å². The van der Waals surface area contributed by atoms with Crippen LogP contribution in [0.3, 0.4) is 0 Å². The molecule has 2 aromatic rings. The first-order valence-corrected chi connectivity index (χ1v) is 5.67. The second-order valence-electron chi connectivity index (χ2n) is 4.15. The van der Waals surface area contributed by atoms with Gasteiger partial charge in [0.25, 0.3) is 0 Å². The van der Waals surface area contributed by atoms with Gasteiger partial charge in [-0.1, -0.05) is 0 Å². The van der Waals surface area contributed by atoms with Crippen LogP contribution in [0.1, 0.15) is 17.7 Å². The summed E-state index contributed by atoms with van der Waals surface area (Å²) in [4.78, 5) is 0. The molecule has 1 N–H and O–H groups in total. The minimum atomic E-state index is 0.840. The van der Waals surface area contributed by atoms with Crippen LogP contribution in [0, 0.1) is 0 Å². The SMILES string of the molecule is COc1ccc2oc3c(c2c1)CCCNC3. The Morgan fingerprint density at radius 2 is 2.31 bits per heavy atom. The van der Waals surface area contributed by atoms with E-state index in [1.807, 2.05) is 12.1 Å². The van der Waals surface area contributed by atoms with Crippen LogP contribution in [0.5, 0.6) is 5.75 Å². The highest BCUT2D eigenvalue weighted by molar-refractivity contribution is 5.83. The first-order chi connectivity index (χ1) is 7.88. The number of hydrogen-bond donors (Lipinski definition) is 1. The van der Waals surface area contributed by atoms with E-state index in [1.54, 1.807) is 7.11 Å². The van der Waals surface area contributed by atoms with Crippen LogP contribution in [0.25, 0.3) is 11.0 Å². The molecule has 0 atom stereocenters. The van der Waals surface area contributed by atoms with Gasteiger partial charge in [-0.25, -0.2) is 0 Å². The van der Waals surface area contributed by atoms with E-state index >= 15 is 0 Å². The van der Waals surface area contributed by atoms with E-state index in [0.717, 1.165) is 36.6 Å². The molecule has 84 valence electrons. The van der Waals surface area contributed by atoms with Crippen molar-refractivity contribution in [2.24, 2.45) is 0 Å². The Hall–Kier alpha value is -1.48. The minimum absolute atomic E-state index is 0.840. The molecule has 2 heterocycles. The van der Waals surface area contributed by atoms with Crippen molar-refractivity contribution in [3.8, 4) is 5.75 Å². The summed E-state index contributed by atoms with van der Waals surface area (Å²) in [6.07, 6.45) is 2.25. The number of nitrogens with one attached hydrogen (secondary N) is 1. The predicted octanol–water partition coefficient (Wildman–Crippen LogP) is 2.48. The summed E-state index contributed by atoms with van der Waals surface area (Å²) in [5, 5.41) is 4.57. The molecule has 0 spiro atoms. The average Bonchev–Trinajstić information content (AvgIpc) is 2.50. The molecule has 3 nitrogen and oxygen atoms in total. The highest BCUT2D eigenvalue weighted by Gasteiger charge is 2.16. The van der Waals surface area contributed by atoms with Crippen molar-refractivity contribution in [1.29, 1.82) is 0 Å². The lowest BCUT2D eigenvalue weighted by Gasteiger charge is -1.99. The Balaban J connectivity index is 2.19. The highest BCUT2D eigenvalue weighted by Crippen LogP contribution is 2.31. The predicted molar refractivity (Wildman–Crippen MR) is 62.8 cm³/mol. The third kappa shape index (κ3) is 1.48. The summed E-state index contributed by atoms with van der Waals surface area (Å²) in [5.74, 6) is 1.98. The summed E-state index contributed by atoms with van der Waals surface area (Å²) < 4.78 is 11.1. The molecular formula is C13H15NO2. The number of fused-ring (bicyclic) bond motifs is 3. The van der Waals surface area contributed by atoms with Gasteiger partial charge < -0.3 is 14.5 Å². The van der Waals surface area contributed by atoms with Gasteiger partial charge in [0, 0.05) is 10.9 Å². The van der Waals surface area contributed by atoms with Crippen LogP contribution in [0.4, 0.5) is 0 Å². The lowest BCUT2D eigenvalue weighted by Crippen LogP contribution is -2.11. The van der Waals surface area contributed by atoms with E-state index in [2.05, 4.69) is 11.4 Å². The molecule has 3 rings (SSSR count). The Kier molecular flexibility index (Phi) is 2.33. The Labute approximate surface area is 94.4 Å². The number of methoxy groups -OCH3 is 1. The fourth-order valence-corrected chi connectivity index (χ4v) is 2.31. The second-order valence-corrected chi connectivity index (χ2v) is 4.15. The van der Waals surface area contributed by atoms with Crippen LogP contribution >= 0.6 is 0 Å². The van der Waals surface area contributed by atoms with Crippen LogP contribution in [0.15, 0.2) is 22.6 Å². The van der Waals surface area contributed by atoms with Crippen molar-refractivity contribution in [1.82, 2.24) is 5.32 Å². The van der Waals surface area contributed by atoms with Gasteiger partial charge in [-0.05, 0) is 37.6 Å². The van der Waals surface area contributed by atoms with Crippen molar-refractivity contribution in [3.05, 3.63) is 29.5 Å². The topological polar surface area (TPSA) is 34.4 Å². The van der Waals surface area contributed by atoms with Gasteiger partial charge in [0.2, 0.25) is 0 Å². The Morgan fingerprint density at radius 3 is 3.19 bits per heavy atom. The van der Waals surface area contributed by atoms with E-state index < -0.39 is 0 Å². The monoisotopic (exact) mass is 217 g/mol. The zero-order valence-electron chi connectivity index (χ0n) is 9.38. The van der Waals surface area contributed by atoms with Crippen LogP contribution < -0.4 is 10.1 Å². The molecule has 1 aromatic heterocycles. The second kappa shape index (κ2) is 3.83. The van der Waals surface area contributed by atoms with Crippen LogP contribution in [-0.4, -0.2) is 13.7 Å². The third-order valence-corrected chi connectivity index (χ3v) is 3.15. The molecule has 0 saturated carbocycles. The Bertz CT molecular complexity index is 516. The maximum Gasteiger partial charge on any atom is 0.134 e. The third-order valence-electron chi connectivity index (χ3n) is 3.15. The van der Waals surface area contributed by atoms with E-state index in [9.17, 15) is 0 Å². The lowest BCUT2D eigenvalue weighted by molar-refractivity contribution is 0.415. The largest absolute Gasteiger partial charge is 0.497 e. The number of furan rings is 1. The molecule has 0 aliphatic carbocycles. The van der Waals surface area contributed by atoms with E-state index in [1.165, 1.54) is 17.4 Å². The molecule has 1 aromatic carbocycles. The quantitative estimate of drug-likeness (QED) is 0.796. The first kappa shape index (κ1) is 9.73. The molecule has 0 amide bonds. The van der Waals surface area contributed by atoms with Crippen molar-refractivity contribution < 1.29 is 9.15 Å². The minimum Gasteiger partial charge on any atom is -0.497 e. The smallest absolute Gasteiger partial charge is 0.134 e. The number of ether oxygens (including phenoxy) is 1. The number of aryl methyl sites for hydroxylation is 1. The average molecular weight is 217 g/mol. The van der Waals surface area contributed by atoms with Crippen molar-refractivity contribution >= 4 is 11.0 Å². The molecular weight excluding hydrogens is 202 g/mol. The molecule has 1 aliphatic rings. The van der Waals surface area contributed by atoms with Gasteiger partial charge in [-0.3, -0.25) is 0 Å². The van der Waals surface area contributed by atoms with Crippen LogP contribution in [0.2, 0.25) is 0 Å². The lowest BCUT2D eigenvalue weighted by atomic mass is 10.1. The molecule has 0 radical (unpaired) electrons. The van der Waals surface area contributed by atoms with Gasteiger partial charge in [0.05, 0.1) is 13.7 Å². The number of benzene rings is 1. The summed E-state index contributed by atoms with van der Waals surface area (Å²) in [5.41, 5.74) is 2.31. The number of rotatable bonds is 1. The maximum absolute atomic E-state index is 5.85.